The lowest BCUT2D eigenvalue weighted by atomic mass is 9.31. The molecule has 5 aliphatic rings. The molecule has 0 unspecified atom stereocenters. The highest BCUT2D eigenvalue weighted by atomic mass is 32.1. The van der Waals surface area contributed by atoms with Gasteiger partial charge >= 0.3 is 5.97 Å². The number of aliphatic carboxylic acids is 1. The topological polar surface area (TPSA) is 57.5 Å². The quantitative estimate of drug-likeness (QED) is 0.279. The van der Waals surface area contributed by atoms with E-state index in [-0.39, 0.29) is 39.6 Å². The number of rotatable bonds is 3. The van der Waals surface area contributed by atoms with Crippen molar-refractivity contribution in [3.8, 4) is 11.8 Å². The maximum absolute atomic E-state index is 12.9. The molecular formula is C37H52O3S. The van der Waals surface area contributed by atoms with Crippen LogP contribution in [0.1, 0.15) is 111 Å². The molecule has 0 saturated heterocycles. The van der Waals surface area contributed by atoms with Gasteiger partial charge in [0.1, 0.15) is 0 Å². The van der Waals surface area contributed by atoms with E-state index in [9.17, 15) is 15.0 Å². The lowest BCUT2D eigenvalue weighted by molar-refractivity contribution is -0.256. The van der Waals surface area contributed by atoms with Crippen molar-refractivity contribution in [2.45, 2.75) is 112 Å². The number of allylic oxidation sites excluding steroid dienone is 1. The molecule has 0 aliphatic heterocycles. The number of carboxylic acid groups (broad SMARTS) is 1. The van der Waals surface area contributed by atoms with Gasteiger partial charge in [0.15, 0.2) is 0 Å². The molecule has 5 saturated carbocycles. The Hall–Kier alpha value is -1.57. The highest BCUT2D eigenvalue weighted by molar-refractivity contribution is 7.10. The van der Waals surface area contributed by atoms with Crippen molar-refractivity contribution in [2.75, 3.05) is 0 Å². The molecule has 3 nitrogen and oxygen atoms in total. The summed E-state index contributed by atoms with van der Waals surface area (Å²) in [6.07, 6.45) is 9.75. The van der Waals surface area contributed by atoms with Crippen LogP contribution in [0.5, 0.6) is 0 Å². The smallest absolute Gasteiger partial charge is 0.309 e. The number of aliphatic hydroxyl groups excluding tert-OH is 1. The highest BCUT2D eigenvalue weighted by Crippen LogP contribution is 2.77. The van der Waals surface area contributed by atoms with Gasteiger partial charge in [-0.05, 0) is 133 Å². The first kappa shape index (κ1) is 29.5. The molecule has 2 N–H and O–H groups in total. The third-order valence-electron chi connectivity index (χ3n) is 14.7. The van der Waals surface area contributed by atoms with Crippen LogP contribution < -0.4 is 0 Å². The standard InChI is InChI=1S/C37H52O3S/c1-23(2)26-15-18-37(32(39)40)20-19-35(6)27(30(26)37)13-14-29-34(5)22-24(10-8-11-25-12-9-21-41-25)31(38)33(3,4)28(34)16-17-36(29,35)7/h9,12,21,24,26-31,38H,1,10,13-20,22H2,2-7H3,(H,39,40)/t24-,26+,27-,28+,29-,30-,31+,34+,35-,36-,37+/m1/s1. The summed E-state index contributed by atoms with van der Waals surface area (Å²) in [5.74, 6) is 8.50. The van der Waals surface area contributed by atoms with E-state index in [1.165, 1.54) is 18.4 Å². The lowest BCUT2D eigenvalue weighted by Gasteiger charge is -2.73. The molecule has 0 spiro atoms. The Labute approximate surface area is 252 Å². The zero-order valence-electron chi connectivity index (χ0n) is 26.3. The summed E-state index contributed by atoms with van der Waals surface area (Å²) < 4.78 is 0. The molecular weight excluding hydrogens is 524 g/mol. The fourth-order valence-electron chi connectivity index (χ4n) is 12.7. The first-order chi connectivity index (χ1) is 19.2. The van der Waals surface area contributed by atoms with Gasteiger partial charge in [0, 0.05) is 6.42 Å². The van der Waals surface area contributed by atoms with Gasteiger partial charge in [-0.3, -0.25) is 4.79 Å². The van der Waals surface area contributed by atoms with E-state index < -0.39 is 11.4 Å². The second-order valence-electron chi connectivity index (χ2n) is 16.4. The Kier molecular flexibility index (Phi) is 6.99. The summed E-state index contributed by atoms with van der Waals surface area (Å²) in [6.45, 7) is 18.9. The molecule has 0 amide bonds. The fourth-order valence-corrected chi connectivity index (χ4v) is 13.3. The van der Waals surface area contributed by atoms with Crippen LogP contribution in [0.3, 0.4) is 0 Å². The zero-order chi connectivity index (χ0) is 29.6. The van der Waals surface area contributed by atoms with Gasteiger partial charge < -0.3 is 10.2 Å². The van der Waals surface area contributed by atoms with E-state index in [0.717, 1.165) is 56.2 Å². The summed E-state index contributed by atoms with van der Waals surface area (Å²) in [5.41, 5.74) is 0.910. The zero-order valence-corrected chi connectivity index (χ0v) is 27.1. The second-order valence-corrected chi connectivity index (χ2v) is 17.3. The number of fused-ring (bicyclic) bond motifs is 7. The summed E-state index contributed by atoms with van der Waals surface area (Å²) in [6, 6.07) is 4.13. The van der Waals surface area contributed by atoms with E-state index in [1.54, 1.807) is 11.3 Å². The van der Waals surface area contributed by atoms with E-state index in [0.29, 0.717) is 23.7 Å². The van der Waals surface area contributed by atoms with Gasteiger partial charge in [-0.15, -0.1) is 11.3 Å². The molecule has 4 heteroatoms. The van der Waals surface area contributed by atoms with Crippen LogP contribution >= 0.6 is 11.3 Å². The maximum atomic E-state index is 12.9. The van der Waals surface area contributed by atoms with Gasteiger partial charge in [-0.2, -0.15) is 0 Å². The third kappa shape index (κ3) is 3.96. The Bertz CT molecular complexity index is 1270. The van der Waals surface area contributed by atoms with Crippen molar-refractivity contribution < 1.29 is 15.0 Å². The molecule has 1 aromatic rings. The molecule has 0 radical (unpaired) electrons. The number of hydrogen-bond acceptors (Lipinski definition) is 3. The fraction of sp³-hybridized carbons (Fsp3) is 0.757. The van der Waals surface area contributed by atoms with Crippen molar-refractivity contribution in [1.82, 2.24) is 0 Å². The van der Waals surface area contributed by atoms with E-state index in [2.05, 4.69) is 77.5 Å². The first-order valence-electron chi connectivity index (χ1n) is 16.3. The normalized spacial score (nSPS) is 48.0. The van der Waals surface area contributed by atoms with Crippen LogP contribution in [0.25, 0.3) is 0 Å². The Morgan fingerprint density at radius 3 is 2.44 bits per heavy atom. The minimum Gasteiger partial charge on any atom is -0.481 e. The molecule has 11 atom stereocenters. The van der Waals surface area contributed by atoms with Crippen molar-refractivity contribution in [2.24, 2.45) is 62.6 Å². The maximum Gasteiger partial charge on any atom is 0.309 e. The number of aliphatic hydroxyl groups is 1. The average Bonchev–Trinajstić information content (AvgIpc) is 3.56. The highest BCUT2D eigenvalue weighted by Gasteiger charge is 2.72. The Morgan fingerprint density at radius 2 is 1.78 bits per heavy atom. The molecule has 0 bridgehead atoms. The van der Waals surface area contributed by atoms with Gasteiger partial charge in [-0.1, -0.05) is 64.7 Å². The number of carboxylic acids is 1. The van der Waals surface area contributed by atoms with Crippen molar-refractivity contribution in [3.63, 3.8) is 0 Å². The van der Waals surface area contributed by atoms with E-state index in [4.69, 9.17) is 0 Å². The van der Waals surface area contributed by atoms with Gasteiger partial charge in [0.25, 0.3) is 0 Å². The van der Waals surface area contributed by atoms with Gasteiger partial charge in [0.05, 0.1) is 16.4 Å². The van der Waals surface area contributed by atoms with E-state index >= 15 is 0 Å². The molecule has 1 aromatic heterocycles. The molecule has 41 heavy (non-hydrogen) atoms. The average molecular weight is 577 g/mol. The van der Waals surface area contributed by atoms with Crippen LogP contribution in [0.4, 0.5) is 0 Å². The number of hydrogen-bond donors (Lipinski definition) is 2. The monoisotopic (exact) mass is 576 g/mol. The summed E-state index contributed by atoms with van der Waals surface area (Å²) in [7, 11) is 0. The SMILES string of the molecule is C=C(C)[C@@H]1CC[C@]2(C(=O)O)CC[C@]3(C)[C@H](CC[C@@H]4[C@@]5(C)C[C@@H](CC#Cc6cccs6)[C@H](O)C(C)(C)[C@@H]5CC[C@]43C)[C@@H]12. The molecule has 5 fully saturated rings. The Morgan fingerprint density at radius 1 is 1.02 bits per heavy atom. The lowest BCUT2D eigenvalue weighted by Crippen LogP contribution is -2.68. The summed E-state index contributed by atoms with van der Waals surface area (Å²) in [5, 5.41) is 24.5. The first-order valence-corrected chi connectivity index (χ1v) is 17.2. The van der Waals surface area contributed by atoms with Crippen LogP contribution in [0, 0.1) is 74.4 Å². The van der Waals surface area contributed by atoms with Crippen LogP contribution in [0.15, 0.2) is 29.7 Å². The second kappa shape index (κ2) is 9.72. The minimum absolute atomic E-state index is 0.125. The van der Waals surface area contributed by atoms with Gasteiger partial charge in [0.2, 0.25) is 0 Å². The van der Waals surface area contributed by atoms with Crippen LogP contribution in [-0.4, -0.2) is 22.3 Å². The third-order valence-corrected chi connectivity index (χ3v) is 15.5. The van der Waals surface area contributed by atoms with Gasteiger partial charge in [-0.25, -0.2) is 0 Å². The minimum atomic E-state index is -0.568. The van der Waals surface area contributed by atoms with Crippen molar-refractivity contribution in [3.05, 3.63) is 34.5 Å². The predicted octanol–water partition coefficient (Wildman–Crippen LogP) is 8.82. The molecule has 224 valence electrons. The molecule has 6 rings (SSSR count). The largest absolute Gasteiger partial charge is 0.481 e. The number of thiophene rings is 1. The Balaban J connectivity index is 1.35. The molecule has 5 aliphatic carbocycles. The van der Waals surface area contributed by atoms with E-state index in [1.807, 2.05) is 0 Å². The van der Waals surface area contributed by atoms with Crippen LogP contribution in [-0.2, 0) is 4.79 Å². The number of carbonyl (C=O) groups is 1. The van der Waals surface area contributed by atoms with Crippen molar-refractivity contribution in [1.29, 1.82) is 0 Å². The molecule has 1 heterocycles. The summed E-state index contributed by atoms with van der Waals surface area (Å²) >= 11 is 1.68. The molecule has 0 aromatic carbocycles. The predicted molar refractivity (Wildman–Crippen MR) is 167 cm³/mol. The summed E-state index contributed by atoms with van der Waals surface area (Å²) in [4.78, 5) is 14.0. The van der Waals surface area contributed by atoms with Crippen LogP contribution in [0.2, 0.25) is 0 Å². The van der Waals surface area contributed by atoms with Crippen molar-refractivity contribution >= 4 is 17.3 Å².